The predicted molar refractivity (Wildman–Crippen MR) is 67.2 cm³/mol. The van der Waals surface area contributed by atoms with E-state index in [-0.39, 0.29) is 0 Å². The van der Waals surface area contributed by atoms with Crippen molar-refractivity contribution < 1.29 is 4.74 Å². The van der Waals surface area contributed by atoms with Gasteiger partial charge < -0.3 is 10.1 Å². The summed E-state index contributed by atoms with van der Waals surface area (Å²) in [6.45, 7) is 13.0. The number of rotatable bonds is 10. The number of hydrogen-bond donors (Lipinski definition) is 1. The van der Waals surface area contributed by atoms with Crippen LogP contribution in [0.3, 0.4) is 0 Å². The fourth-order valence-electron chi connectivity index (χ4n) is 1.64. The lowest BCUT2D eigenvalue weighted by molar-refractivity contribution is 0.137. The molecule has 0 saturated heterocycles. The van der Waals surface area contributed by atoms with Gasteiger partial charge in [0.25, 0.3) is 0 Å². The molecule has 0 aromatic rings. The third-order valence-electron chi connectivity index (χ3n) is 3.02. The van der Waals surface area contributed by atoms with Gasteiger partial charge in [0.2, 0.25) is 0 Å². The molecule has 2 nitrogen and oxygen atoms in total. The van der Waals surface area contributed by atoms with Gasteiger partial charge in [-0.3, -0.25) is 0 Å². The normalized spacial score (nSPS) is 15.2. The topological polar surface area (TPSA) is 21.3 Å². The van der Waals surface area contributed by atoms with Crippen LogP contribution in [0.1, 0.15) is 47.0 Å². The molecule has 0 aromatic carbocycles. The van der Waals surface area contributed by atoms with Crippen LogP contribution >= 0.6 is 0 Å². The highest BCUT2D eigenvalue weighted by Crippen LogP contribution is 2.16. The molecule has 0 bridgehead atoms. The third kappa shape index (κ3) is 8.88. The average molecular weight is 215 g/mol. The minimum Gasteiger partial charge on any atom is -0.382 e. The highest BCUT2D eigenvalue weighted by Gasteiger charge is 2.10. The highest BCUT2D eigenvalue weighted by atomic mass is 16.5. The molecule has 2 atom stereocenters. The monoisotopic (exact) mass is 215 g/mol. The number of nitrogens with one attached hydrogen (secondary N) is 1. The first-order valence-corrected chi connectivity index (χ1v) is 6.50. The summed E-state index contributed by atoms with van der Waals surface area (Å²) in [5, 5.41) is 3.49. The standard InChI is InChI=1S/C13H29NO/c1-5-9-14-11-13(4)12(3)8-7-10-15-6-2/h12-14H,5-11H2,1-4H3. The lowest BCUT2D eigenvalue weighted by atomic mass is 9.91. The quantitative estimate of drug-likeness (QED) is 0.565. The van der Waals surface area contributed by atoms with E-state index in [1.165, 1.54) is 19.3 Å². The van der Waals surface area contributed by atoms with Crippen LogP contribution in [-0.4, -0.2) is 26.3 Å². The Bertz CT molecular complexity index is 128. The first-order chi connectivity index (χ1) is 7.22. The van der Waals surface area contributed by atoms with Crippen LogP contribution in [0.4, 0.5) is 0 Å². The summed E-state index contributed by atoms with van der Waals surface area (Å²) in [5.41, 5.74) is 0. The van der Waals surface area contributed by atoms with Gasteiger partial charge in [-0.25, -0.2) is 0 Å². The Hall–Kier alpha value is -0.0800. The van der Waals surface area contributed by atoms with Gasteiger partial charge in [-0.15, -0.1) is 0 Å². The molecule has 0 fully saturated rings. The number of ether oxygens (including phenoxy) is 1. The fourth-order valence-corrected chi connectivity index (χ4v) is 1.64. The van der Waals surface area contributed by atoms with Crippen molar-refractivity contribution in [3.63, 3.8) is 0 Å². The number of hydrogen-bond acceptors (Lipinski definition) is 2. The summed E-state index contributed by atoms with van der Waals surface area (Å²) < 4.78 is 5.35. The van der Waals surface area contributed by atoms with Crippen LogP contribution in [0.2, 0.25) is 0 Å². The predicted octanol–water partition coefficient (Wildman–Crippen LogP) is 3.07. The van der Waals surface area contributed by atoms with Crippen LogP contribution < -0.4 is 5.32 Å². The van der Waals surface area contributed by atoms with Crippen molar-refractivity contribution in [2.75, 3.05) is 26.3 Å². The molecule has 0 heterocycles. The second kappa shape index (κ2) is 10.4. The van der Waals surface area contributed by atoms with Gasteiger partial charge in [-0.1, -0.05) is 20.8 Å². The van der Waals surface area contributed by atoms with Crippen molar-refractivity contribution in [1.29, 1.82) is 0 Å². The summed E-state index contributed by atoms with van der Waals surface area (Å²) in [6.07, 6.45) is 3.72. The van der Waals surface area contributed by atoms with E-state index < -0.39 is 0 Å². The van der Waals surface area contributed by atoms with Crippen LogP contribution in [0, 0.1) is 11.8 Å². The molecule has 15 heavy (non-hydrogen) atoms. The molecule has 2 unspecified atom stereocenters. The zero-order chi connectivity index (χ0) is 11.5. The van der Waals surface area contributed by atoms with E-state index in [4.69, 9.17) is 4.74 Å². The average Bonchev–Trinajstić information content (AvgIpc) is 2.24. The van der Waals surface area contributed by atoms with E-state index in [9.17, 15) is 0 Å². The summed E-state index contributed by atoms with van der Waals surface area (Å²) in [4.78, 5) is 0. The van der Waals surface area contributed by atoms with Gasteiger partial charge in [0.05, 0.1) is 0 Å². The molecule has 0 aromatic heterocycles. The maximum Gasteiger partial charge on any atom is 0.0465 e. The molecule has 0 rings (SSSR count). The molecule has 0 aliphatic rings. The molecule has 0 amide bonds. The first kappa shape index (κ1) is 14.9. The Morgan fingerprint density at radius 1 is 1.13 bits per heavy atom. The largest absolute Gasteiger partial charge is 0.382 e. The van der Waals surface area contributed by atoms with E-state index in [0.717, 1.165) is 38.1 Å². The Kier molecular flexibility index (Phi) is 10.4. The zero-order valence-corrected chi connectivity index (χ0v) is 11.0. The van der Waals surface area contributed by atoms with Gasteiger partial charge in [-0.2, -0.15) is 0 Å². The van der Waals surface area contributed by atoms with Gasteiger partial charge in [0, 0.05) is 13.2 Å². The second-order valence-corrected chi connectivity index (χ2v) is 4.50. The van der Waals surface area contributed by atoms with Gasteiger partial charge in [0.1, 0.15) is 0 Å². The molecule has 0 spiro atoms. The lowest BCUT2D eigenvalue weighted by Gasteiger charge is -2.20. The Morgan fingerprint density at radius 3 is 2.47 bits per heavy atom. The van der Waals surface area contributed by atoms with Gasteiger partial charge in [-0.05, 0) is 51.1 Å². The maximum atomic E-state index is 5.35. The lowest BCUT2D eigenvalue weighted by Crippen LogP contribution is -2.25. The minimum atomic E-state index is 0.776. The molecule has 2 heteroatoms. The molecule has 0 saturated carbocycles. The molecule has 0 aliphatic heterocycles. The summed E-state index contributed by atoms with van der Waals surface area (Å²) in [7, 11) is 0. The minimum absolute atomic E-state index is 0.776. The highest BCUT2D eigenvalue weighted by molar-refractivity contribution is 4.64. The van der Waals surface area contributed by atoms with Crippen molar-refractivity contribution in [2.24, 2.45) is 11.8 Å². The van der Waals surface area contributed by atoms with E-state index in [2.05, 4.69) is 33.0 Å². The molecule has 92 valence electrons. The van der Waals surface area contributed by atoms with Gasteiger partial charge in [0.15, 0.2) is 0 Å². The second-order valence-electron chi connectivity index (χ2n) is 4.50. The molecular weight excluding hydrogens is 186 g/mol. The fraction of sp³-hybridized carbons (Fsp3) is 1.00. The van der Waals surface area contributed by atoms with Crippen LogP contribution in [0.15, 0.2) is 0 Å². The molecule has 1 N–H and O–H groups in total. The zero-order valence-electron chi connectivity index (χ0n) is 11.0. The van der Waals surface area contributed by atoms with E-state index >= 15 is 0 Å². The third-order valence-corrected chi connectivity index (χ3v) is 3.02. The van der Waals surface area contributed by atoms with Crippen LogP contribution in [-0.2, 0) is 4.74 Å². The van der Waals surface area contributed by atoms with E-state index in [0.29, 0.717) is 0 Å². The van der Waals surface area contributed by atoms with Gasteiger partial charge >= 0.3 is 0 Å². The first-order valence-electron chi connectivity index (χ1n) is 6.50. The summed E-state index contributed by atoms with van der Waals surface area (Å²) in [5.74, 6) is 1.58. The van der Waals surface area contributed by atoms with E-state index in [1.807, 2.05) is 0 Å². The van der Waals surface area contributed by atoms with Crippen LogP contribution in [0.5, 0.6) is 0 Å². The molecular formula is C13H29NO. The maximum absolute atomic E-state index is 5.35. The van der Waals surface area contributed by atoms with Crippen LogP contribution in [0.25, 0.3) is 0 Å². The van der Waals surface area contributed by atoms with E-state index in [1.54, 1.807) is 0 Å². The smallest absolute Gasteiger partial charge is 0.0465 e. The molecule has 0 aliphatic carbocycles. The Labute approximate surface area is 95.8 Å². The van der Waals surface area contributed by atoms with Crippen molar-refractivity contribution in [3.05, 3.63) is 0 Å². The van der Waals surface area contributed by atoms with Crippen molar-refractivity contribution >= 4 is 0 Å². The Morgan fingerprint density at radius 2 is 1.87 bits per heavy atom. The van der Waals surface area contributed by atoms with Crippen molar-refractivity contribution in [2.45, 2.75) is 47.0 Å². The molecule has 0 radical (unpaired) electrons. The SMILES string of the molecule is CCCNCC(C)C(C)CCCOCC. The summed E-state index contributed by atoms with van der Waals surface area (Å²) >= 11 is 0. The summed E-state index contributed by atoms with van der Waals surface area (Å²) in [6, 6.07) is 0. The van der Waals surface area contributed by atoms with Crippen molar-refractivity contribution in [1.82, 2.24) is 5.32 Å². The Balaban J connectivity index is 3.38. The van der Waals surface area contributed by atoms with Crippen molar-refractivity contribution in [3.8, 4) is 0 Å².